The molecule has 0 heterocycles. The van der Waals surface area contributed by atoms with Gasteiger partial charge in [0.2, 0.25) is 0 Å². The van der Waals surface area contributed by atoms with Crippen LogP contribution in [0, 0.1) is 11.7 Å². The van der Waals surface area contributed by atoms with Gasteiger partial charge in [-0.25, -0.2) is 4.39 Å². The van der Waals surface area contributed by atoms with Crippen LogP contribution in [0.1, 0.15) is 36.5 Å². The fourth-order valence-corrected chi connectivity index (χ4v) is 3.55. The summed E-state index contributed by atoms with van der Waals surface area (Å²) in [5.41, 5.74) is 0.796. The summed E-state index contributed by atoms with van der Waals surface area (Å²) in [5.74, 6) is -1.43. The fraction of sp³-hybridized carbons (Fsp3) is 0.562. The van der Waals surface area contributed by atoms with Crippen LogP contribution in [-0.2, 0) is 23.2 Å². The molecule has 0 radical (unpaired) electrons. The van der Waals surface area contributed by atoms with Crippen LogP contribution in [0.25, 0.3) is 0 Å². The van der Waals surface area contributed by atoms with Gasteiger partial charge in [-0.2, -0.15) is 0 Å². The molecule has 1 aliphatic rings. The molecule has 2 rings (SSSR count). The van der Waals surface area contributed by atoms with Crippen molar-refractivity contribution in [3.63, 3.8) is 0 Å². The zero-order chi connectivity index (χ0) is 17.2. The zero-order valence-corrected chi connectivity index (χ0v) is 13.5. The topological polar surface area (TPSA) is 89.8 Å². The predicted octanol–water partition coefficient (Wildman–Crippen LogP) is 1.31. The average Bonchev–Trinajstić information content (AvgIpc) is 2.73. The van der Waals surface area contributed by atoms with Crippen molar-refractivity contribution in [3.05, 3.63) is 34.6 Å². The van der Waals surface area contributed by atoms with Gasteiger partial charge in [0.1, 0.15) is 5.82 Å². The van der Waals surface area contributed by atoms with E-state index in [-0.39, 0.29) is 18.1 Å². The first kappa shape index (κ1) is 17.9. The molecule has 1 aromatic carbocycles. The summed E-state index contributed by atoms with van der Waals surface area (Å²) in [6.45, 7) is 2.03. The molecule has 126 valence electrons. The minimum absolute atomic E-state index is 0.182. The first-order chi connectivity index (χ1) is 10.8. The summed E-state index contributed by atoms with van der Waals surface area (Å²) in [5, 5.41) is 30.6. The Hall–Kier alpha value is -1.44. The molecule has 0 bridgehead atoms. The SMILES string of the molecule is CNCc1cc2c(cc1F)C[C@H](CCCB(O)O)[C@]2(C)C(=O)O. The number of benzene rings is 1. The van der Waals surface area contributed by atoms with E-state index in [1.807, 2.05) is 0 Å². The predicted molar refractivity (Wildman–Crippen MR) is 85.6 cm³/mol. The number of carboxylic acid groups (broad SMARTS) is 1. The van der Waals surface area contributed by atoms with Gasteiger partial charge < -0.3 is 20.5 Å². The summed E-state index contributed by atoms with van der Waals surface area (Å²) >= 11 is 0. The van der Waals surface area contributed by atoms with Gasteiger partial charge in [0.05, 0.1) is 5.41 Å². The quantitative estimate of drug-likeness (QED) is 0.568. The molecule has 2 atom stereocenters. The molecule has 0 unspecified atom stereocenters. The Balaban J connectivity index is 2.33. The lowest BCUT2D eigenvalue weighted by Gasteiger charge is -2.28. The van der Waals surface area contributed by atoms with Crippen molar-refractivity contribution < 1.29 is 24.3 Å². The molecule has 0 aromatic heterocycles. The van der Waals surface area contributed by atoms with Crippen LogP contribution in [0.3, 0.4) is 0 Å². The van der Waals surface area contributed by atoms with Gasteiger partial charge in [-0.15, -0.1) is 0 Å². The summed E-state index contributed by atoms with van der Waals surface area (Å²) in [6.07, 6.45) is 1.78. The summed E-state index contributed by atoms with van der Waals surface area (Å²) in [6, 6.07) is 3.11. The van der Waals surface area contributed by atoms with Gasteiger partial charge in [0.15, 0.2) is 0 Å². The molecule has 1 aromatic rings. The number of halogens is 1. The highest BCUT2D eigenvalue weighted by Gasteiger charge is 2.49. The summed E-state index contributed by atoms with van der Waals surface area (Å²) in [7, 11) is 0.334. The Kier molecular flexibility index (Phi) is 5.44. The fourth-order valence-electron chi connectivity index (χ4n) is 3.55. The number of aliphatic carboxylic acids is 1. The number of carboxylic acids is 1. The maximum Gasteiger partial charge on any atom is 0.451 e. The van der Waals surface area contributed by atoms with Crippen molar-refractivity contribution >= 4 is 13.1 Å². The molecular weight excluding hydrogens is 300 g/mol. The normalized spacial score (nSPS) is 22.9. The van der Waals surface area contributed by atoms with Crippen molar-refractivity contribution in [1.82, 2.24) is 5.32 Å². The van der Waals surface area contributed by atoms with Crippen LogP contribution in [0.5, 0.6) is 0 Å². The van der Waals surface area contributed by atoms with Crippen molar-refractivity contribution in [3.8, 4) is 0 Å². The molecule has 23 heavy (non-hydrogen) atoms. The summed E-state index contributed by atoms with van der Waals surface area (Å²) < 4.78 is 14.1. The van der Waals surface area contributed by atoms with Crippen LogP contribution in [-0.4, -0.2) is 35.3 Å². The molecule has 7 heteroatoms. The van der Waals surface area contributed by atoms with Crippen molar-refractivity contribution in [1.29, 1.82) is 0 Å². The minimum atomic E-state index is -1.38. The van der Waals surface area contributed by atoms with E-state index < -0.39 is 18.5 Å². The van der Waals surface area contributed by atoms with Crippen molar-refractivity contribution in [2.45, 2.75) is 44.5 Å². The zero-order valence-electron chi connectivity index (χ0n) is 13.5. The Morgan fingerprint density at radius 2 is 2.17 bits per heavy atom. The standard InChI is InChI=1S/C16H23BFNO4/c1-16(15(20)21)12(4-3-5-17(22)23)6-10-8-14(18)11(9-19-2)7-13(10)16/h7-8,12,19,22-23H,3-6,9H2,1-2H3,(H,20,21)/t12-,16-/m0/s1. The minimum Gasteiger partial charge on any atom is -0.481 e. The Labute approximate surface area is 135 Å². The lowest BCUT2D eigenvalue weighted by atomic mass is 9.72. The van der Waals surface area contributed by atoms with E-state index in [1.165, 1.54) is 6.07 Å². The maximum absolute atomic E-state index is 14.1. The third kappa shape index (κ3) is 3.41. The van der Waals surface area contributed by atoms with Gasteiger partial charge in [-0.1, -0.05) is 12.5 Å². The number of rotatable bonds is 7. The van der Waals surface area contributed by atoms with Crippen LogP contribution < -0.4 is 5.32 Å². The lowest BCUT2D eigenvalue weighted by Crippen LogP contribution is -2.37. The van der Waals surface area contributed by atoms with E-state index in [9.17, 15) is 14.3 Å². The van der Waals surface area contributed by atoms with Crippen LogP contribution in [0.2, 0.25) is 6.32 Å². The van der Waals surface area contributed by atoms with Gasteiger partial charge in [-0.05, 0) is 56.2 Å². The Morgan fingerprint density at radius 3 is 2.74 bits per heavy atom. The third-order valence-corrected chi connectivity index (χ3v) is 4.94. The molecule has 0 spiro atoms. The van der Waals surface area contributed by atoms with E-state index in [4.69, 9.17) is 10.0 Å². The first-order valence-electron chi connectivity index (χ1n) is 7.86. The molecule has 5 nitrogen and oxygen atoms in total. The van der Waals surface area contributed by atoms with Crippen molar-refractivity contribution in [2.75, 3.05) is 7.05 Å². The maximum atomic E-state index is 14.1. The van der Waals surface area contributed by atoms with Gasteiger partial charge >= 0.3 is 13.1 Å². The van der Waals surface area contributed by atoms with Gasteiger partial charge in [0.25, 0.3) is 0 Å². The van der Waals surface area contributed by atoms with E-state index in [0.29, 0.717) is 36.9 Å². The van der Waals surface area contributed by atoms with Crippen LogP contribution in [0.4, 0.5) is 4.39 Å². The molecule has 0 amide bonds. The largest absolute Gasteiger partial charge is 0.481 e. The Bertz CT molecular complexity index is 596. The highest BCUT2D eigenvalue weighted by molar-refractivity contribution is 6.40. The highest BCUT2D eigenvalue weighted by atomic mass is 19.1. The highest BCUT2D eigenvalue weighted by Crippen LogP contribution is 2.46. The van der Waals surface area contributed by atoms with Crippen LogP contribution in [0.15, 0.2) is 12.1 Å². The monoisotopic (exact) mass is 323 g/mol. The lowest BCUT2D eigenvalue weighted by molar-refractivity contribution is -0.145. The molecule has 0 aliphatic heterocycles. The average molecular weight is 323 g/mol. The number of hydrogen-bond donors (Lipinski definition) is 4. The van der Waals surface area contributed by atoms with Gasteiger partial charge in [-0.3, -0.25) is 4.79 Å². The molecule has 4 N–H and O–H groups in total. The molecule has 1 aliphatic carbocycles. The van der Waals surface area contributed by atoms with E-state index in [2.05, 4.69) is 5.32 Å². The van der Waals surface area contributed by atoms with E-state index in [1.54, 1.807) is 20.0 Å². The molecule has 0 fully saturated rings. The van der Waals surface area contributed by atoms with E-state index >= 15 is 0 Å². The molecule has 0 saturated heterocycles. The second kappa shape index (κ2) is 6.99. The number of hydrogen-bond acceptors (Lipinski definition) is 4. The second-order valence-corrected chi connectivity index (χ2v) is 6.45. The van der Waals surface area contributed by atoms with Crippen LogP contribution >= 0.6 is 0 Å². The third-order valence-electron chi connectivity index (χ3n) is 4.94. The van der Waals surface area contributed by atoms with Crippen molar-refractivity contribution in [2.24, 2.45) is 5.92 Å². The molecule has 0 saturated carbocycles. The Morgan fingerprint density at radius 1 is 1.48 bits per heavy atom. The van der Waals surface area contributed by atoms with E-state index in [0.717, 1.165) is 5.56 Å². The first-order valence-corrected chi connectivity index (χ1v) is 7.86. The number of nitrogens with one attached hydrogen (secondary N) is 1. The second-order valence-electron chi connectivity index (χ2n) is 6.45. The number of fused-ring (bicyclic) bond motifs is 1. The molecular formula is C16H23BFNO4. The smallest absolute Gasteiger partial charge is 0.451 e. The summed E-state index contributed by atoms with van der Waals surface area (Å²) in [4.78, 5) is 11.9. The van der Waals surface area contributed by atoms with Gasteiger partial charge in [0, 0.05) is 12.1 Å². The number of carbonyl (C=O) groups is 1.